The monoisotopic (exact) mass is 379 g/mol. The standard InChI is InChI=1S/C17H18BrNO2S/c18-14-7-5-13(6-8-14)17(20)19(11-15-3-1-9-21-15)12-16-4-2-10-22-16/h2,4-8,10,15H,1,3,9,11-12H2. The molecule has 0 spiro atoms. The van der Waals surface area contributed by atoms with E-state index in [9.17, 15) is 4.79 Å². The summed E-state index contributed by atoms with van der Waals surface area (Å²) in [4.78, 5) is 15.9. The van der Waals surface area contributed by atoms with Crippen LogP contribution in [-0.4, -0.2) is 30.1 Å². The predicted octanol–water partition coefficient (Wildman–Crippen LogP) is 4.33. The highest BCUT2D eigenvalue weighted by Gasteiger charge is 2.23. The van der Waals surface area contributed by atoms with Crippen LogP contribution in [0.15, 0.2) is 46.3 Å². The summed E-state index contributed by atoms with van der Waals surface area (Å²) in [5.41, 5.74) is 0.720. The number of halogens is 1. The lowest BCUT2D eigenvalue weighted by Crippen LogP contribution is -2.36. The van der Waals surface area contributed by atoms with Crippen LogP contribution in [0.25, 0.3) is 0 Å². The zero-order valence-corrected chi connectivity index (χ0v) is 14.6. The minimum Gasteiger partial charge on any atom is -0.376 e. The molecule has 1 aliphatic rings. The van der Waals surface area contributed by atoms with Crippen LogP contribution in [-0.2, 0) is 11.3 Å². The molecule has 22 heavy (non-hydrogen) atoms. The molecule has 1 aromatic heterocycles. The molecule has 2 aromatic rings. The molecule has 116 valence electrons. The summed E-state index contributed by atoms with van der Waals surface area (Å²) in [7, 11) is 0. The van der Waals surface area contributed by atoms with E-state index in [2.05, 4.69) is 22.0 Å². The zero-order chi connectivity index (χ0) is 15.4. The second kappa shape index (κ2) is 7.40. The van der Waals surface area contributed by atoms with Gasteiger partial charge >= 0.3 is 0 Å². The van der Waals surface area contributed by atoms with Gasteiger partial charge in [0, 0.05) is 28.1 Å². The minimum absolute atomic E-state index is 0.0661. The Morgan fingerprint density at radius 3 is 2.77 bits per heavy atom. The van der Waals surface area contributed by atoms with E-state index in [1.54, 1.807) is 11.3 Å². The van der Waals surface area contributed by atoms with Crippen LogP contribution >= 0.6 is 27.3 Å². The number of carbonyl (C=O) groups is 1. The van der Waals surface area contributed by atoms with Gasteiger partial charge in [0.05, 0.1) is 12.6 Å². The molecule has 0 bridgehead atoms. The van der Waals surface area contributed by atoms with E-state index in [0.29, 0.717) is 13.1 Å². The molecule has 1 saturated heterocycles. The summed E-state index contributed by atoms with van der Waals surface area (Å²) in [5, 5.41) is 2.05. The average molecular weight is 380 g/mol. The summed E-state index contributed by atoms with van der Waals surface area (Å²) in [6, 6.07) is 11.6. The van der Waals surface area contributed by atoms with Gasteiger partial charge in [0.25, 0.3) is 5.91 Å². The van der Waals surface area contributed by atoms with Crippen LogP contribution < -0.4 is 0 Å². The van der Waals surface area contributed by atoms with Crippen LogP contribution in [0.3, 0.4) is 0 Å². The van der Waals surface area contributed by atoms with Crippen molar-refractivity contribution >= 4 is 33.2 Å². The van der Waals surface area contributed by atoms with Crippen molar-refractivity contribution in [2.75, 3.05) is 13.2 Å². The fraction of sp³-hybridized carbons (Fsp3) is 0.353. The molecule has 0 aliphatic carbocycles. The molecular weight excluding hydrogens is 362 g/mol. The molecule has 1 unspecified atom stereocenters. The van der Waals surface area contributed by atoms with E-state index in [4.69, 9.17) is 4.74 Å². The number of ether oxygens (including phenoxy) is 1. The van der Waals surface area contributed by atoms with E-state index >= 15 is 0 Å². The van der Waals surface area contributed by atoms with Crippen molar-refractivity contribution in [2.24, 2.45) is 0 Å². The number of hydrogen-bond donors (Lipinski definition) is 0. The van der Waals surface area contributed by atoms with E-state index in [1.807, 2.05) is 40.6 Å². The van der Waals surface area contributed by atoms with Gasteiger partial charge in [0.2, 0.25) is 0 Å². The molecule has 3 nitrogen and oxygen atoms in total. The van der Waals surface area contributed by atoms with Gasteiger partial charge < -0.3 is 9.64 Å². The van der Waals surface area contributed by atoms with Crippen molar-refractivity contribution < 1.29 is 9.53 Å². The van der Waals surface area contributed by atoms with E-state index in [-0.39, 0.29) is 12.0 Å². The zero-order valence-electron chi connectivity index (χ0n) is 12.2. The highest BCUT2D eigenvalue weighted by Crippen LogP contribution is 2.20. The van der Waals surface area contributed by atoms with Gasteiger partial charge in [-0.2, -0.15) is 0 Å². The third-order valence-electron chi connectivity index (χ3n) is 3.75. The quantitative estimate of drug-likeness (QED) is 0.773. The Morgan fingerprint density at radius 1 is 1.32 bits per heavy atom. The van der Waals surface area contributed by atoms with E-state index in [1.165, 1.54) is 4.88 Å². The smallest absolute Gasteiger partial charge is 0.254 e. The van der Waals surface area contributed by atoms with Crippen LogP contribution in [0.2, 0.25) is 0 Å². The van der Waals surface area contributed by atoms with Crippen LogP contribution in [0.4, 0.5) is 0 Å². The Bertz CT molecular complexity index is 606. The summed E-state index contributed by atoms with van der Waals surface area (Å²) in [6.07, 6.45) is 2.29. The molecule has 1 aromatic carbocycles. The Morgan fingerprint density at radius 2 is 2.14 bits per heavy atom. The molecule has 2 heterocycles. The lowest BCUT2D eigenvalue weighted by molar-refractivity contribution is 0.0509. The first-order chi connectivity index (χ1) is 10.7. The molecule has 1 aliphatic heterocycles. The molecule has 3 rings (SSSR count). The number of carbonyl (C=O) groups excluding carboxylic acids is 1. The highest BCUT2D eigenvalue weighted by atomic mass is 79.9. The van der Waals surface area contributed by atoms with E-state index in [0.717, 1.165) is 29.5 Å². The largest absolute Gasteiger partial charge is 0.376 e. The Labute approximate surface area is 143 Å². The second-order valence-electron chi connectivity index (χ2n) is 5.41. The number of amides is 1. The van der Waals surface area contributed by atoms with Crippen molar-refractivity contribution in [3.63, 3.8) is 0 Å². The first kappa shape index (κ1) is 15.7. The molecule has 5 heteroatoms. The van der Waals surface area contributed by atoms with Crippen molar-refractivity contribution in [1.82, 2.24) is 4.90 Å². The summed E-state index contributed by atoms with van der Waals surface area (Å²) in [6.45, 7) is 2.11. The molecule has 1 fully saturated rings. The first-order valence-corrected chi connectivity index (χ1v) is 9.08. The lowest BCUT2D eigenvalue weighted by atomic mass is 10.1. The lowest BCUT2D eigenvalue weighted by Gasteiger charge is -2.25. The van der Waals surface area contributed by atoms with Crippen molar-refractivity contribution in [3.8, 4) is 0 Å². The van der Waals surface area contributed by atoms with Gasteiger partial charge in [-0.15, -0.1) is 11.3 Å². The normalized spacial score (nSPS) is 17.6. The topological polar surface area (TPSA) is 29.5 Å². The van der Waals surface area contributed by atoms with Crippen molar-refractivity contribution in [2.45, 2.75) is 25.5 Å². The van der Waals surface area contributed by atoms with Gasteiger partial charge in [-0.05, 0) is 48.6 Å². The van der Waals surface area contributed by atoms with Crippen LogP contribution in [0.1, 0.15) is 28.1 Å². The SMILES string of the molecule is O=C(c1ccc(Br)cc1)N(Cc1cccs1)CC1CCCO1. The van der Waals surface area contributed by atoms with Crippen molar-refractivity contribution in [3.05, 3.63) is 56.7 Å². The second-order valence-corrected chi connectivity index (χ2v) is 7.35. The summed E-state index contributed by atoms with van der Waals surface area (Å²) >= 11 is 5.09. The maximum atomic E-state index is 12.8. The van der Waals surface area contributed by atoms with Crippen LogP contribution in [0, 0.1) is 0 Å². The van der Waals surface area contributed by atoms with Gasteiger partial charge in [-0.1, -0.05) is 22.0 Å². The summed E-state index contributed by atoms with van der Waals surface area (Å²) < 4.78 is 6.69. The Balaban J connectivity index is 1.76. The fourth-order valence-electron chi connectivity index (χ4n) is 2.62. The maximum absolute atomic E-state index is 12.8. The molecule has 0 saturated carbocycles. The number of rotatable bonds is 5. The van der Waals surface area contributed by atoms with E-state index < -0.39 is 0 Å². The fourth-order valence-corrected chi connectivity index (χ4v) is 3.60. The molecule has 1 amide bonds. The van der Waals surface area contributed by atoms with Crippen LogP contribution in [0.5, 0.6) is 0 Å². The average Bonchev–Trinajstić information content (AvgIpc) is 3.20. The number of nitrogens with zero attached hydrogens (tertiary/aromatic N) is 1. The first-order valence-electron chi connectivity index (χ1n) is 7.41. The maximum Gasteiger partial charge on any atom is 0.254 e. The highest BCUT2D eigenvalue weighted by molar-refractivity contribution is 9.10. The number of thiophene rings is 1. The van der Waals surface area contributed by atoms with Gasteiger partial charge in [0.15, 0.2) is 0 Å². The van der Waals surface area contributed by atoms with Crippen molar-refractivity contribution in [1.29, 1.82) is 0 Å². The third kappa shape index (κ3) is 3.97. The van der Waals surface area contributed by atoms with Gasteiger partial charge in [-0.3, -0.25) is 4.79 Å². The predicted molar refractivity (Wildman–Crippen MR) is 92.2 cm³/mol. The summed E-state index contributed by atoms with van der Waals surface area (Å²) in [5.74, 6) is 0.0661. The molecule has 0 N–H and O–H groups in total. The third-order valence-corrected chi connectivity index (χ3v) is 5.14. The number of benzene rings is 1. The molecular formula is C17H18BrNO2S. The Kier molecular flexibility index (Phi) is 5.28. The minimum atomic E-state index is 0.0661. The van der Waals surface area contributed by atoms with Gasteiger partial charge in [0.1, 0.15) is 0 Å². The molecule has 0 radical (unpaired) electrons. The van der Waals surface area contributed by atoms with Gasteiger partial charge in [-0.25, -0.2) is 0 Å². The number of hydrogen-bond acceptors (Lipinski definition) is 3. The molecule has 1 atom stereocenters. The Hall–Kier alpha value is -1.17.